The van der Waals surface area contributed by atoms with Gasteiger partial charge in [0.05, 0.1) is 23.7 Å². The molecular weight excluding hydrogens is 399 g/mol. The first-order valence-electron chi connectivity index (χ1n) is 9.49. The molecule has 3 unspecified atom stereocenters. The van der Waals surface area contributed by atoms with Gasteiger partial charge >= 0.3 is 6.18 Å². The fourth-order valence-electron chi connectivity index (χ4n) is 3.44. The summed E-state index contributed by atoms with van der Waals surface area (Å²) in [5.41, 5.74) is 6.90. The second kappa shape index (κ2) is 8.85. The Morgan fingerprint density at radius 2 is 2.20 bits per heavy atom. The summed E-state index contributed by atoms with van der Waals surface area (Å²) in [6, 6.07) is 7.24. The molecule has 0 radical (unpaired) electrons. The van der Waals surface area contributed by atoms with E-state index < -0.39 is 30.7 Å². The van der Waals surface area contributed by atoms with Crippen LogP contribution in [0.25, 0.3) is 10.9 Å². The number of pyridine rings is 1. The van der Waals surface area contributed by atoms with Crippen molar-refractivity contribution >= 4 is 22.5 Å². The number of halogens is 3. The molecule has 2 heterocycles. The van der Waals surface area contributed by atoms with Crippen LogP contribution in [0.15, 0.2) is 30.5 Å². The molecule has 0 spiro atoms. The number of anilines is 1. The van der Waals surface area contributed by atoms with Crippen molar-refractivity contribution < 1.29 is 22.7 Å². The van der Waals surface area contributed by atoms with E-state index in [1.54, 1.807) is 24.4 Å². The number of fused-ring (bicyclic) bond motifs is 1. The molecule has 3 rings (SSSR count). The van der Waals surface area contributed by atoms with E-state index in [0.717, 1.165) is 11.1 Å². The van der Waals surface area contributed by atoms with Gasteiger partial charge in [-0.25, -0.2) is 0 Å². The maximum absolute atomic E-state index is 12.5. The first-order valence-corrected chi connectivity index (χ1v) is 9.49. The van der Waals surface area contributed by atoms with Crippen molar-refractivity contribution in [2.24, 2.45) is 5.73 Å². The molecule has 1 aliphatic rings. The van der Waals surface area contributed by atoms with E-state index in [4.69, 9.17) is 10.5 Å². The van der Waals surface area contributed by atoms with E-state index in [1.165, 1.54) is 0 Å². The number of hydrogen-bond donors (Lipinski definition) is 2. The first kappa shape index (κ1) is 21.8. The molecule has 7 nitrogen and oxygen atoms in total. The molecule has 0 aliphatic carbocycles. The summed E-state index contributed by atoms with van der Waals surface area (Å²) in [5, 5.41) is 12.6. The van der Waals surface area contributed by atoms with Crippen molar-refractivity contribution in [2.75, 3.05) is 24.5 Å². The second-order valence-corrected chi connectivity index (χ2v) is 7.21. The van der Waals surface area contributed by atoms with Crippen LogP contribution in [0.3, 0.4) is 0 Å². The standard InChI is InChI=1S/C20H22F3N5O2/c1-12-10-28(15-5-4-13(9-24)18-14(15)3-2-7-26-18)11-16(30-12)19(29)27-8-6-17(25)20(21,22)23/h2-5,7,12,16-17H,6,8,10-11,25H2,1H3,(H,27,29). The Kier molecular flexibility index (Phi) is 6.43. The molecule has 30 heavy (non-hydrogen) atoms. The van der Waals surface area contributed by atoms with Gasteiger partial charge in [-0.2, -0.15) is 18.4 Å². The Morgan fingerprint density at radius 1 is 1.43 bits per heavy atom. The number of aromatic nitrogens is 1. The first-order chi connectivity index (χ1) is 14.2. The highest BCUT2D eigenvalue weighted by Crippen LogP contribution is 2.30. The molecule has 2 aromatic rings. The lowest BCUT2D eigenvalue weighted by Crippen LogP contribution is -2.53. The summed E-state index contributed by atoms with van der Waals surface area (Å²) in [6.07, 6.45) is -4.43. The smallest absolute Gasteiger partial charge is 0.365 e. The van der Waals surface area contributed by atoms with Crippen LogP contribution in [0.2, 0.25) is 0 Å². The minimum Gasteiger partial charge on any atom is -0.365 e. The lowest BCUT2D eigenvalue weighted by atomic mass is 10.1. The van der Waals surface area contributed by atoms with Crippen molar-refractivity contribution in [1.82, 2.24) is 10.3 Å². The molecule has 10 heteroatoms. The number of carbonyl (C=O) groups excluding carboxylic acids is 1. The van der Waals surface area contributed by atoms with Crippen molar-refractivity contribution in [3.05, 3.63) is 36.0 Å². The number of benzene rings is 1. The largest absolute Gasteiger partial charge is 0.403 e. The van der Waals surface area contributed by atoms with E-state index in [0.29, 0.717) is 17.6 Å². The Morgan fingerprint density at radius 3 is 2.90 bits per heavy atom. The lowest BCUT2D eigenvalue weighted by Gasteiger charge is -2.38. The maximum Gasteiger partial charge on any atom is 0.403 e. The Bertz CT molecular complexity index is 960. The van der Waals surface area contributed by atoms with Crippen molar-refractivity contribution in [3.63, 3.8) is 0 Å². The Balaban J connectivity index is 1.73. The third kappa shape index (κ3) is 4.80. The summed E-state index contributed by atoms with van der Waals surface area (Å²) < 4.78 is 43.2. The molecular formula is C20H22F3N5O2. The van der Waals surface area contributed by atoms with Crippen LogP contribution in [0.4, 0.5) is 18.9 Å². The van der Waals surface area contributed by atoms with E-state index in [1.807, 2.05) is 17.9 Å². The van der Waals surface area contributed by atoms with Gasteiger partial charge in [-0.1, -0.05) is 0 Å². The van der Waals surface area contributed by atoms with Crippen molar-refractivity contribution in [3.8, 4) is 6.07 Å². The molecule has 1 aromatic carbocycles. The number of nitriles is 1. The minimum absolute atomic E-state index is 0.197. The van der Waals surface area contributed by atoms with Gasteiger partial charge in [-0.05, 0) is 37.6 Å². The van der Waals surface area contributed by atoms with Crippen LogP contribution in [0.5, 0.6) is 0 Å². The van der Waals surface area contributed by atoms with Crippen LogP contribution in [-0.2, 0) is 9.53 Å². The molecule has 1 amide bonds. The summed E-state index contributed by atoms with van der Waals surface area (Å²) >= 11 is 0. The molecule has 0 bridgehead atoms. The number of nitrogens with zero attached hydrogens (tertiary/aromatic N) is 3. The zero-order valence-electron chi connectivity index (χ0n) is 16.3. The molecule has 1 fully saturated rings. The van der Waals surface area contributed by atoms with Gasteiger partial charge in [0.2, 0.25) is 0 Å². The highest BCUT2D eigenvalue weighted by atomic mass is 19.4. The summed E-state index contributed by atoms with van der Waals surface area (Å²) in [7, 11) is 0. The van der Waals surface area contributed by atoms with E-state index in [9.17, 15) is 23.2 Å². The van der Waals surface area contributed by atoms with E-state index >= 15 is 0 Å². The molecule has 1 saturated heterocycles. The molecule has 3 atom stereocenters. The van der Waals surface area contributed by atoms with Gasteiger partial charge in [0, 0.05) is 30.4 Å². The molecule has 1 aliphatic heterocycles. The number of nitrogens with two attached hydrogens (primary N) is 1. The molecule has 0 saturated carbocycles. The highest BCUT2D eigenvalue weighted by Gasteiger charge is 2.36. The SMILES string of the molecule is CC1CN(c2ccc(C#N)c3ncccc23)CC(C(=O)NCCC(N)C(F)(F)F)O1. The van der Waals surface area contributed by atoms with Crippen molar-refractivity contribution in [2.45, 2.75) is 37.8 Å². The predicted octanol–water partition coefficient (Wildman–Crippen LogP) is 2.10. The third-order valence-corrected chi connectivity index (χ3v) is 4.94. The fraction of sp³-hybridized carbons (Fsp3) is 0.450. The summed E-state index contributed by atoms with van der Waals surface area (Å²) in [6.45, 7) is 2.35. The number of ether oxygens (including phenoxy) is 1. The Labute approximate surface area is 171 Å². The minimum atomic E-state index is -4.50. The van der Waals surface area contributed by atoms with Crippen LogP contribution in [0.1, 0.15) is 18.9 Å². The zero-order valence-corrected chi connectivity index (χ0v) is 16.3. The molecule has 1 aromatic heterocycles. The van der Waals surface area contributed by atoms with Gasteiger partial charge in [0.25, 0.3) is 5.91 Å². The van der Waals surface area contributed by atoms with Crippen LogP contribution >= 0.6 is 0 Å². The van der Waals surface area contributed by atoms with Crippen LogP contribution in [0, 0.1) is 11.3 Å². The van der Waals surface area contributed by atoms with Crippen molar-refractivity contribution in [1.29, 1.82) is 5.26 Å². The fourth-order valence-corrected chi connectivity index (χ4v) is 3.44. The number of hydrogen-bond acceptors (Lipinski definition) is 6. The van der Waals surface area contributed by atoms with Gasteiger partial charge in [0.15, 0.2) is 6.10 Å². The number of carbonyl (C=O) groups is 1. The highest BCUT2D eigenvalue weighted by molar-refractivity contribution is 5.95. The quantitative estimate of drug-likeness (QED) is 0.766. The topological polar surface area (TPSA) is 104 Å². The average molecular weight is 421 g/mol. The predicted molar refractivity (Wildman–Crippen MR) is 105 cm³/mol. The molecule has 160 valence electrons. The number of morpholine rings is 1. The van der Waals surface area contributed by atoms with Crippen LogP contribution in [-0.4, -0.2) is 55.0 Å². The van der Waals surface area contributed by atoms with Gasteiger partial charge < -0.3 is 20.7 Å². The second-order valence-electron chi connectivity index (χ2n) is 7.21. The summed E-state index contributed by atoms with van der Waals surface area (Å²) in [4.78, 5) is 18.7. The van der Waals surface area contributed by atoms with Gasteiger partial charge in [-0.15, -0.1) is 0 Å². The van der Waals surface area contributed by atoms with Gasteiger partial charge in [-0.3, -0.25) is 9.78 Å². The summed E-state index contributed by atoms with van der Waals surface area (Å²) in [5.74, 6) is -0.489. The van der Waals surface area contributed by atoms with Crippen LogP contribution < -0.4 is 16.0 Å². The van der Waals surface area contributed by atoms with E-state index in [2.05, 4.69) is 16.4 Å². The number of rotatable bonds is 5. The number of alkyl halides is 3. The normalized spacial score (nSPS) is 20.6. The number of amides is 1. The molecule has 3 N–H and O–H groups in total. The lowest BCUT2D eigenvalue weighted by molar-refractivity contribution is -0.149. The third-order valence-electron chi connectivity index (χ3n) is 4.94. The van der Waals surface area contributed by atoms with Gasteiger partial charge in [0.1, 0.15) is 12.1 Å². The maximum atomic E-state index is 12.5. The monoisotopic (exact) mass is 421 g/mol. The van der Waals surface area contributed by atoms with E-state index in [-0.39, 0.29) is 19.2 Å². The Hall–Kier alpha value is -2.90. The zero-order chi connectivity index (χ0) is 21.9. The number of nitrogens with one attached hydrogen (secondary N) is 1. The average Bonchev–Trinajstić information content (AvgIpc) is 2.71.